The third-order valence-electron chi connectivity index (χ3n) is 6.31. The van der Waals surface area contributed by atoms with Crippen molar-refractivity contribution in [2.24, 2.45) is 0 Å². The number of carbonyl (C=O) groups excluding carboxylic acids is 1. The van der Waals surface area contributed by atoms with E-state index in [1.807, 2.05) is 12.1 Å². The molecule has 0 aliphatic carbocycles. The van der Waals surface area contributed by atoms with Crippen LogP contribution in [0.25, 0.3) is 10.7 Å². The third-order valence-corrected chi connectivity index (χ3v) is 8.65. The quantitative estimate of drug-likeness (QED) is 0.555. The number of hydrogen-bond acceptors (Lipinski definition) is 9. The van der Waals surface area contributed by atoms with Gasteiger partial charge in [-0.15, -0.1) is 14.1 Å². The Morgan fingerprint density at radius 3 is 2.62 bits per heavy atom. The van der Waals surface area contributed by atoms with Crippen LogP contribution in [0.1, 0.15) is 18.4 Å². The average molecular weight is 473 g/mol. The SMILES string of the molecule is CS(=O)(=O)[N+]1(C(=O)Nc2cnc(-c3nncs3)cn2)CC2(CCNCC2)c2ccccc21. The molecule has 2 N–H and O–H groups in total. The molecule has 1 unspecified atom stereocenters. The van der Waals surface area contributed by atoms with Crippen molar-refractivity contribution in [3.05, 3.63) is 47.7 Å². The highest BCUT2D eigenvalue weighted by Crippen LogP contribution is 2.51. The first-order chi connectivity index (χ1) is 15.4. The molecule has 2 aliphatic rings. The first-order valence-corrected chi connectivity index (χ1v) is 12.9. The van der Waals surface area contributed by atoms with Gasteiger partial charge in [0, 0.05) is 11.6 Å². The maximum atomic E-state index is 13.7. The number of nitrogens with zero attached hydrogens (tertiary/aromatic N) is 5. The topological polar surface area (TPSA) is 127 Å². The number of quaternary nitrogens is 1. The molecule has 0 radical (unpaired) electrons. The summed E-state index contributed by atoms with van der Waals surface area (Å²) in [6.45, 7) is 1.71. The standard InChI is InChI=1S/C20H21N7O3S2/c1-32(29,30)27(12-20(6-8-21-9-7-20)14-4-2-3-5-16(14)27)19(28)25-17-11-22-15(10-23-17)18-26-24-13-31-18/h2-5,10-11,13,21H,6-9,12H2,1H3/p+1. The maximum absolute atomic E-state index is 13.7. The van der Waals surface area contributed by atoms with Gasteiger partial charge in [0.2, 0.25) is 0 Å². The Kier molecular flexibility index (Phi) is 5.04. The van der Waals surface area contributed by atoms with Gasteiger partial charge in [-0.3, -0.25) is 5.32 Å². The second-order valence-electron chi connectivity index (χ2n) is 8.14. The van der Waals surface area contributed by atoms with Crippen LogP contribution in [-0.4, -0.2) is 60.5 Å². The molecule has 0 bridgehead atoms. The molecule has 2 aromatic heterocycles. The second-order valence-corrected chi connectivity index (χ2v) is 11.1. The van der Waals surface area contributed by atoms with Crippen molar-refractivity contribution in [3.8, 4) is 10.7 Å². The van der Waals surface area contributed by atoms with Crippen LogP contribution in [0.5, 0.6) is 0 Å². The molecular weight excluding hydrogens is 450 g/mol. The number of anilines is 1. The lowest BCUT2D eigenvalue weighted by Crippen LogP contribution is -2.61. The second kappa shape index (κ2) is 7.66. The number of para-hydroxylation sites is 1. The van der Waals surface area contributed by atoms with E-state index in [0.717, 1.165) is 37.8 Å². The van der Waals surface area contributed by atoms with Crippen LogP contribution >= 0.6 is 11.3 Å². The molecule has 1 saturated heterocycles. The Hall–Kier alpha value is -2.80. The number of aromatic nitrogens is 4. The summed E-state index contributed by atoms with van der Waals surface area (Å²) in [7, 11) is -3.88. The van der Waals surface area contributed by atoms with E-state index in [-0.39, 0.29) is 17.8 Å². The molecule has 2 amide bonds. The Morgan fingerprint density at radius 2 is 1.97 bits per heavy atom. The molecule has 1 aromatic carbocycles. The maximum Gasteiger partial charge on any atom is 0.442 e. The lowest BCUT2D eigenvalue weighted by molar-refractivity contribution is 0.225. The van der Waals surface area contributed by atoms with Crippen LogP contribution in [0.2, 0.25) is 0 Å². The fourth-order valence-electron chi connectivity index (χ4n) is 4.78. The van der Waals surface area contributed by atoms with Gasteiger partial charge < -0.3 is 5.32 Å². The lowest BCUT2D eigenvalue weighted by atomic mass is 9.75. The van der Waals surface area contributed by atoms with Gasteiger partial charge in [0.05, 0.1) is 24.1 Å². The fourth-order valence-corrected chi connectivity index (χ4v) is 6.64. The molecule has 0 saturated carbocycles. The Morgan fingerprint density at radius 1 is 1.19 bits per heavy atom. The number of urea groups is 1. The number of hydrogen-bond donors (Lipinski definition) is 2. The first kappa shape index (κ1) is 21.1. The summed E-state index contributed by atoms with van der Waals surface area (Å²) in [6.07, 6.45) is 5.53. The van der Waals surface area contributed by atoms with E-state index in [2.05, 4.69) is 30.8 Å². The van der Waals surface area contributed by atoms with Crippen molar-refractivity contribution in [3.63, 3.8) is 0 Å². The van der Waals surface area contributed by atoms with Crippen LogP contribution in [-0.2, 0) is 15.4 Å². The summed E-state index contributed by atoms with van der Waals surface area (Å²) < 4.78 is 25.7. The van der Waals surface area contributed by atoms with Gasteiger partial charge in [0.15, 0.2) is 16.5 Å². The van der Waals surface area contributed by atoms with Gasteiger partial charge in [0.1, 0.15) is 17.7 Å². The summed E-state index contributed by atoms with van der Waals surface area (Å²) in [5, 5.41) is 14.4. The van der Waals surface area contributed by atoms with Crippen molar-refractivity contribution in [2.75, 3.05) is 31.2 Å². The Balaban J connectivity index is 1.54. The van der Waals surface area contributed by atoms with E-state index in [9.17, 15) is 13.2 Å². The predicted octanol–water partition coefficient (Wildman–Crippen LogP) is 2.13. The molecular formula is C20H22N7O3S2+. The third kappa shape index (κ3) is 3.22. The van der Waals surface area contributed by atoms with E-state index >= 15 is 0 Å². The van der Waals surface area contributed by atoms with Gasteiger partial charge in [-0.2, -0.15) is 8.42 Å². The molecule has 5 rings (SSSR count). The summed E-state index contributed by atoms with van der Waals surface area (Å²) in [4.78, 5) is 22.2. The summed E-state index contributed by atoms with van der Waals surface area (Å²) in [5.74, 6) is 0.174. The van der Waals surface area contributed by atoms with Crippen LogP contribution in [0.3, 0.4) is 0 Å². The average Bonchev–Trinajstić information content (AvgIpc) is 3.41. The smallest absolute Gasteiger partial charge is 0.317 e. The predicted molar refractivity (Wildman–Crippen MR) is 122 cm³/mol. The number of amides is 2. The van der Waals surface area contributed by atoms with E-state index in [0.29, 0.717) is 16.4 Å². The number of rotatable bonds is 3. The lowest BCUT2D eigenvalue weighted by Gasteiger charge is -2.35. The molecule has 3 aromatic rings. The van der Waals surface area contributed by atoms with Crippen molar-refractivity contribution >= 4 is 38.9 Å². The van der Waals surface area contributed by atoms with Gasteiger partial charge in [-0.05, 0) is 25.9 Å². The minimum Gasteiger partial charge on any atom is -0.317 e. The summed E-state index contributed by atoms with van der Waals surface area (Å²) in [5.41, 5.74) is 3.18. The number of piperidine rings is 1. The van der Waals surface area contributed by atoms with Crippen LogP contribution < -0.4 is 14.5 Å². The van der Waals surface area contributed by atoms with E-state index < -0.39 is 19.9 Å². The van der Waals surface area contributed by atoms with Gasteiger partial charge in [0.25, 0.3) is 0 Å². The Bertz CT molecular complexity index is 1260. The Labute approximate surface area is 189 Å². The van der Waals surface area contributed by atoms with Crippen LogP contribution in [0.15, 0.2) is 42.2 Å². The highest BCUT2D eigenvalue weighted by molar-refractivity contribution is 7.90. The number of carbonyl (C=O) groups is 1. The zero-order valence-electron chi connectivity index (χ0n) is 17.4. The van der Waals surface area contributed by atoms with Gasteiger partial charge in [-0.25, -0.2) is 14.8 Å². The molecule has 2 aliphatic heterocycles. The molecule has 1 spiro atoms. The van der Waals surface area contributed by atoms with E-state index in [4.69, 9.17) is 0 Å². The minimum absolute atomic E-state index is 0.162. The van der Waals surface area contributed by atoms with E-state index in [1.54, 1.807) is 17.6 Å². The molecule has 10 nitrogen and oxygen atoms in total. The zero-order valence-corrected chi connectivity index (χ0v) is 19.0. The van der Waals surface area contributed by atoms with Crippen molar-refractivity contribution in [2.45, 2.75) is 18.3 Å². The molecule has 166 valence electrons. The highest BCUT2D eigenvalue weighted by Gasteiger charge is 2.62. The number of benzene rings is 1. The van der Waals surface area contributed by atoms with Crippen molar-refractivity contribution in [1.82, 2.24) is 29.4 Å². The van der Waals surface area contributed by atoms with Crippen LogP contribution in [0.4, 0.5) is 16.3 Å². The number of nitrogens with one attached hydrogen (secondary N) is 2. The van der Waals surface area contributed by atoms with Crippen molar-refractivity contribution in [1.29, 1.82) is 0 Å². The largest absolute Gasteiger partial charge is 0.442 e. The van der Waals surface area contributed by atoms with Crippen molar-refractivity contribution < 1.29 is 13.2 Å². The number of sulfonamides is 1. The molecule has 32 heavy (non-hydrogen) atoms. The molecule has 1 fully saturated rings. The van der Waals surface area contributed by atoms with E-state index in [1.165, 1.54) is 23.7 Å². The minimum atomic E-state index is -3.88. The molecule has 1 atom stereocenters. The first-order valence-electron chi connectivity index (χ1n) is 10.1. The zero-order chi connectivity index (χ0) is 22.4. The van der Waals surface area contributed by atoms with Gasteiger partial charge in [-0.1, -0.05) is 29.5 Å². The molecule has 12 heteroatoms. The normalized spacial score (nSPS) is 21.9. The van der Waals surface area contributed by atoms with Gasteiger partial charge >= 0.3 is 16.1 Å². The monoisotopic (exact) mass is 472 g/mol. The molecule has 4 heterocycles. The summed E-state index contributed by atoms with van der Waals surface area (Å²) >= 11 is 1.32. The van der Waals surface area contributed by atoms with Crippen LogP contribution in [0, 0.1) is 0 Å². The summed E-state index contributed by atoms with van der Waals surface area (Å²) in [6, 6.07) is 6.72. The number of fused-ring (bicyclic) bond motifs is 2. The fraction of sp³-hybridized carbons (Fsp3) is 0.350. The highest BCUT2D eigenvalue weighted by atomic mass is 32.2.